The summed E-state index contributed by atoms with van der Waals surface area (Å²) in [6, 6.07) is 5.23. The Hall–Kier alpha value is -1.75. The topological polar surface area (TPSA) is 53.0 Å². The monoisotopic (exact) mass is 252 g/mol. The molecule has 0 aliphatic heterocycles. The molecule has 100 valence electrons. The van der Waals surface area contributed by atoms with Gasteiger partial charge in [-0.3, -0.25) is 9.69 Å². The van der Waals surface area contributed by atoms with Crippen molar-refractivity contribution in [2.75, 3.05) is 34.8 Å². The molecule has 0 bridgehead atoms. The molecule has 1 aromatic carbocycles. The quantitative estimate of drug-likeness (QED) is 0.846. The van der Waals surface area contributed by atoms with Gasteiger partial charge in [0.1, 0.15) is 0 Å². The van der Waals surface area contributed by atoms with E-state index in [9.17, 15) is 9.90 Å². The summed E-state index contributed by atoms with van der Waals surface area (Å²) >= 11 is 0. The number of hydrogen-bond acceptors (Lipinski definition) is 4. The van der Waals surface area contributed by atoms with Gasteiger partial charge in [-0.25, -0.2) is 0 Å². The van der Waals surface area contributed by atoms with Gasteiger partial charge in [0, 0.05) is 20.6 Å². The van der Waals surface area contributed by atoms with Crippen molar-refractivity contribution in [2.45, 2.75) is 6.54 Å². The first-order valence-corrected chi connectivity index (χ1v) is 5.68. The third-order valence-corrected chi connectivity index (χ3v) is 2.60. The van der Waals surface area contributed by atoms with Crippen molar-refractivity contribution in [1.29, 1.82) is 0 Å². The highest BCUT2D eigenvalue weighted by Gasteiger charge is 2.10. The molecule has 0 aliphatic rings. The second kappa shape index (κ2) is 6.26. The van der Waals surface area contributed by atoms with Crippen LogP contribution in [0.3, 0.4) is 0 Å². The molecule has 0 unspecified atom stereocenters. The van der Waals surface area contributed by atoms with Crippen molar-refractivity contribution in [2.24, 2.45) is 0 Å². The lowest BCUT2D eigenvalue weighted by Gasteiger charge is -2.19. The van der Waals surface area contributed by atoms with Gasteiger partial charge < -0.3 is 14.7 Å². The minimum atomic E-state index is 0.0511. The molecule has 0 spiro atoms. The van der Waals surface area contributed by atoms with E-state index in [2.05, 4.69) is 0 Å². The van der Waals surface area contributed by atoms with E-state index in [1.54, 1.807) is 31.1 Å². The smallest absolute Gasteiger partial charge is 0.236 e. The van der Waals surface area contributed by atoms with Crippen LogP contribution in [-0.4, -0.2) is 55.6 Å². The zero-order valence-electron chi connectivity index (χ0n) is 11.3. The van der Waals surface area contributed by atoms with Crippen LogP contribution in [0.15, 0.2) is 18.2 Å². The van der Waals surface area contributed by atoms with Crippen molar-refractivity contribution in [3.63, 3.8) is 0 Å². The van der Waals surface area contributed by atoms with Crippen molar-refractivity contribution in [1.82, 2.24) is 9.80 Å². The number of methoxy groups -OCH3 is 1. The van der Waals surface area contributed by atoms with Gasteiger partial charge >= 0.3 is 0 Å². The standard InChI is InChI=1S/C13H20N2O3/c1-14(2)13(17)9-15(3)8-10-5-6-12(18-4)11(16)7-10/h5-7,16H,8-9H2,1-4H3. The average molecular weight is 252 g/mol. The van der Waals surface area contributed by atoms with E-state index in [-0.39, 0.29) is 11.7 Å². The molecular weight excluding hydrogens is 232 g/mol. The zero-order valence-corrected chi connectivity index (χ0v) is 11.3. The number of hydrogen-bond donors (Lipinski definition) is 1. The van der Waals surface area contributed by atoms with Crippen LogP contribution in [0.5, 0.6) is 11.5 Å². The van der Waals surface area contributed by atoms with Crippen LogP contribution in [0.25, 0.3) is 0 Å². The molecule has 0 atom stereocenters. The van der Waals surface area contributed by atoms with E-state index >= 15 is 0 Å². The summed E-state index contributed by atoms with van der Waals surface area (Å²) in [5.41, 5.74) is 0.933. The van der Waals surface area contributed by atoms with Crippen LogP contribution in [0.4, 0.5) is 0 Å². The first kappa shape index (κ1) is 14.3. The number of phenolic OH excluding ortho intramolecular Hbond substituents is 1. The number of nitrogens with zero attached hydrogens (tertiary/aromatic N) is 2. The summed E-state index contributed by atoms with van der Waals surface area (Å²) in [6.45, 7) is 0.941. The molecule has 1 amide bonds. The number of carbonyl (C=O) groups is 1. The highest BCUT2D eigenvalue weighted by atomic mass is 16.5. The van der Waals surface area contributed by atoms with Gasteiger partial charge in [0.05, 0.1) is 13.7 Å². The fourth-order valence-corrected chi connectivity index (χ4v) is 1.57. The molecule has 18 heavy (non-hydrogen) atoms. The van der Waals surface area contributed by atoms with Crippen molar-refractivity contribution in [3.05, 3.63) is 23.8 Å². The predicted octanol–water partition coefficient (Wildman–Crippen LogP) is 0.921. The highest BCUT2D eigenvalue weighted by molar-refractivity contribution is 5.77. The van der Waals surface area contributed by atoms with Gasteiger partial charge in [0.25, 0.3) is 0 Å². The Balaban J connectivity index is 2.62. The molecule has 0 aromatic heterocycles. The third-order valence-electron chi connectivity index (χ3n) is 2.60. The van der Waals surface area contributed by atoms with Gasteiger partial charge in [0.15, 0.2) is 11.5 Å². The van der Waals surface area contributed by atoms with Gasteiger partial charge in [0.2, 0.25) is 5.91 Å². The number of benzene rings is 1. The van der Waals surface area contributed by atoms with Crippen LogP contribution in [0, 0.1) is 0 Å². The first-order valence-electron chi connectivity index (χ1n) is 5.68. The summed E-state index contributed by atoms with van der Waals surface area (Å²) in [5.74, 6) is 0.614. The first-order chi connectivity index (χ1) is 8.43. The molecule has 0 heterocycles. The van der Waals surface area contributed by atoms with E-state index in [4.69, 9.17) is 4.74 Å². The maximum Gasteiger partial charge on any atom is 0.236 e. The van der Waals surface area contributed by atoms with Crippen LogP contribution in [0.2, 0.25) is 0 Å². The molecule has 1 N–H and O–H groups in total. The molecule has 0 aliphatic carbocycles. The summed E-state index contributed by atoms with van der Waals surface area (Å²) in [7, 11) is 6.84. The predicted molar refractivity (Wildman–Crippen MR) is 69.7 cm³/mol. The van der Waals surface area contributed by atoms with E-state index in [1.165, 1.54) is 7.11 Å². The molecule has 1 rings (SSSR count). The van der Waals surface area contributed by atoms with Gasteiger partial charge in [-0.1, -0.05) is 6.07 Å². The van der Waals surface area contributed by atoms with Crippen molar-refractivity contribution < 1.29 is 14.6 Å². The number of carbonyl (C=O) groups excluding carboxylic acids is 1. The maximum absolute atomic E-state index is 11.5. The summed E-state index contributed by atoms with van der Waals surface area (Å²) in [5, 5.41) is 9.66. The summed E-state index contributed by atoms with van der Waals surface area (Å²) in [4.78, 5) is 15.0. The second-order valence-corrected chi connectivity index (χ2v) is 4.47. The van der Waals surface area contributed by atoms with Crippen LogP contribution in [0.1, 0.15) is 5.56 Å². The number of likely N-dealkylation sites (N-methyl/N-ethyl adjacent to an activating group) is 2. The van der Waals surface area contributed by atoms with Crippen LogP contribution < -0.4 is 4.74 Å². The van der Waals surface area contributed by atoms with Crippen molar-refractivity contribution >= 4 is 5.91 Å². The van der Waals surface area contributed by atoms with E-state index < -0.39 is 0 Å². The van der Waals surface area contributed by atoms with Gasteiger partial charge in [-0.2, -0.15) is 0 Å². The van der Waals surface area contributed by atoms with E-state index in [0.29, 0.717) is 18.8 Å². The lowest BCUT2D eigenvalue weighted by atomic mass is 10.2. The van der Waals surface area contributed by atoms with Gasteiger partial charge in [-0.15, -0.1) is 0 Å². The number of amides is 1. The summed E-state index contributed by atoms with van der Waals surface area (Å²) < 4.78 is 4.98. The molecule has 0 fully saturated rings. The number of aromatic hydroxyl groups is 1. The SMILES string of the molecule is COc1ccc(CN(C)CC(=O)N(C)C)cc1O. The maximum atomic E-state index is 11.5. The lowest BCUT2D eigenvalue weighted by Crippen LogP contribution is -2.34. The lowest BCUT2D eigenvalue weighted by molar-refractivity contribution is -0.129. The molecule has 0 saturated carbocycles. The van der Waals surface area contributed by atoms with Gasteiger partial charge in [-0.05, 0) is 24.7 Å². The molecule has 0 radical (unpaired) electrons. The Labute approximate surface area is 108 Å². The molecule has 5 nitrogen and oxygen atoms in total. The molecular formula is C13H20N2O3. The number of rotatable bonds is 5. The fourth-order valence-electron chi connectivity index (χ4n) is 1.57. The van der Waals surface area contributed by atoms with E-state index in [0.717, 1.165) is 5.56 Å². The number of ether oxygens (including phenoxy) is 1. The largest absolute Gasteiger partial charge is 0.504 e. The third kappa shape index (κ3) is 3.92. The molecule has 0 saturated heterocycles. The molecule has 5 heteroatoms. The normalized spacial score (nSPS) is 10.5. The summed E-state index contributed by atoms with van der Waals surface area (Å²) in [6.07, 6.45) is 0. The van der Waals surface area contributed by atoms with Crippen LogP contribution >= 0.6 is 0 Å². The fraction of sp³-hybridized carbons (Fsp3) is 0.462. The minimum absolute atomic E-state index is 0.0511. The van der Waals surface area contributed by atoms with E-state index in [1.807, 2.05) is 18.0 Å². The highest BCUT2D eigenvalue weighted by Crippen LogP contribution is 2.26. The number of phenols is 1. The second-order valence-electron chi connectivity index (χ2n) is 4.47. The Morgan fingerprint density at radius 1 is 1.33 bits per heavy atom. The Morgan fingerprint density at radius 3 is 2.50 bits per heavy atom. The van der Waals surface area contributed by atoms with Crippen LogP contribution in [-0.2, 0) is 11.3 Å². The Morgan fingerprint density at radius 2 is 2.00 bits per heavy atom. The zero-order chi connectivity index (χ0) is 13.7. The molecule has 1 aromatic rings. The average Bonchev–Trinajstić information content (AvgIpc) is 2.28. The Kier molecular flexibility index (Phi) is 4.97. The minimum Gasteiger partial charge on any atom is -0.504 e. The van der Waals surface area contributed by atoms with Crippen molar-refractivity contribution in [3.8, 4) is 11.5 Å². The Bertz CT molecular complexity index is 419.